The lowest BCUT2D eigenvalue weighted by molar-refractivity contribution is 0.516. The first-order valence-corrected chi connectivity index (χ1v) is 5.40. The number of hydrogen-bond acceptors (Lipinski definition) is 3. The summed E-state index contributed by atoms with van der Waals surface area (Å²) in [5.41, 5.74) is -0.259. The third-order valence-corrected chi connectivity index (χ3v) is 2.10. The van der Waals surface area contributed by atoms with Crippen LogP contribution < -0.4 is 11.0 Å². The van der Waals surface area contributed by atoms with Crippen LogP contribution in [0.3, 0.4) is 0 Å². The highest BCUT2D eigenvalue weighted by Crippen LogP contribution is 2.00. The van der Waals surface area contributed by atoms with Crippen LogP contribution in [-0.2, 0) is 6.54 Å². The molecule has 0 aromatic carbocycles. The minimum Gasteiger partial charge on any atom is -0.315 e. The molecule has 0 amide bonds. The average Bonchev–Trinajstić information content (AvgIpc) is 2.17. The van der Waals surface area contributed by atoms with E-state index in [-0.39, 0.29) is 5.69 Å². The summed E-state index contributed by atoms with van der Waals surface area (Å²) in [6, 6.07) is 0. The Morgan fingerprint density at radius 2 is 2.33 bits per heavy atom. The fraction of sp³-hybridized carbons (Fsp3) is 0.600. The molecule has 0 unspecified atom stereocenters. The largest absolute Gasteiger partial charge is 0.347 e. The van der Waals surface area contributed by atoms with E-state index in [1.165, 1.54) is 10.8 Å². The summed E-state index contributed by atoms with van der Waals surface area (Å²) in [7, 11) is 0. The molecule has 0 saturated carbocycles. The number of aromatic nitrogens is 2. The third kappa shape index (κ3) is 4.44. The molecular weight excluding hydrogens is 214 g/mol. The van der Waals surface area contributed by atoms with Crippen LogP contribution in [0.1, 0.15) is 13.8 Å². The SMILES string of the molecule is CC(C)CNCCn1cc(Cl)cnc1=O. The Morgan fingerprint density at radius 1 is 1.60 bits per heavy atom. The molecule has 0 saturated heterocycles. The molecular formula is C10H16ClN3O. The highest BCUT2D eigenvalue weighted by molar-refractivity contribution is 6.30. The van der Waals surface area contributed by atoms with E-state index in [9.17, 15) is 4.79 Å². The maximum atomic E-state index is 11.3. The van der Waals surface area contributed by atoms with Crippen LogP contribution in [0, 0.1) is 5.92 Å². The maximum absolute atomic E-state index is 11.3. The van der Waals surface area contributed by atoms with Gasteiger partial charge in [-0.2, -0.15) is 0 Å². The standard InChI is InChI=1S/C10H16ClN3O/c1-8(2)5-12-3-4-14-7-9(11)6-13-10(14)15/h6-8,12H,3-5H2,1-2H3. The summed E-state index contributed by atoms with van der Waals surface area (Å²) in [5, 5.41) is 3.73. The molecule has 4 nitrogen and oxygen atoms in total. The summed E-state index contributed by atoms with van der Waals surface area (Å²) < 4.78 is 1.51. The zero-order chi connectivity index (χ0) is 11.3. The smallest absolute Gasteiger partial charge is 0.315 e. The Kier molecular flexibility index (Phi) is 4.78. The van der Waals surface area contributed by atoms with Crippen molar-refractivity contribution in [1.29, 1.82) is 0 Å². The first-order chi connectivity index (χ1) is 7.09. The molecule has 84 valence electrons. The van der Waals surface area contributed by atoms with Gasteiger partial charge in [-0.25, -0.2) is 9.78 Å². The minimum atomic E-state index is -0.259. The van der Waals surface area contributed by atoms with Gasteiger partial charge >= 0.3 is 5.69 Å². The van der Waals surface area contributed by atoms with Gasteiger partial charge in [0.2, 0.25) is 0 Å². The van der Waals surface area contributed by atoms with Crippen molar-refractivity contribution >= 4 is 11.6 Å². The minimum absolute atomic E-state index is 0.259. The van der Waals surface area contributed by atoms with E-state index in [1.54, 1.807) is 6.20 Å². The molecule has 5 heteroatoms. The number of nitrogens with zero attached hydrogens (tertiary/aromatic N) is 2. The maximum Gasteiger partial charge on any atom is 0.347 e. The van der Waals surface area contributed by atoms with Crippen molar-refractivity contribution in [3.8, 4) is 0 Å². The monoisotopic (exact) mass is 229 g/mol. The summed E-state index contributed by atoms with van der Waals surface area (Å²) in [4.78, 5) is 14.9. The van der Waals surface area contributed by atoms with E-state index in [4.69, 9.17) is 11.6 Å². The van der Waals surface area contributed by atoms with Gasteiger partial charge in [0.05, 0.1) is 11.2 Å². The van der Waals surface area contributed by atoms with Gasteiger partial charge in [0.1, 0.15) is 0 Å². The first-order valence-electron chi connectivity index (χ1n) is 5.02. The average molecular weight is 230 g/mol. The molecule has 1 aromatic heterocycles. The van der Waals surface area contributed by atoms with Crippen LogP contribution in [-0.4, -0.2) is 22.6 Å². The van der Waals surface area contributed by atoms with Crippen molar-refractivity contribution in [3.05, 3.63) is 27.9 Å². The lowest BCUT2D eigenvalue weighted by Gasteiger charge is -2.08. The van der Waals surface area contributed by atoms with E-state index in [2.05, 4.69) is 24.1 Å². The Morgan fingerprint density at radius 3 is 3.00 bits per heavy atom. The van der Waals surface area contributed by atoms with Crippen molar-refractivity contribution in [2.24, 2.45) is 5.92 Å². The lowest BCUT2D eigenvalue weighted by atomic mass is 10.2. The Hall–Kier alpha value is -0.870. The molecule has 1 rings (SSSR count). The van der Waals surface area contributed by atoms with E-state index in [0.717, 1.165) is 13.1 Å². The lowest BCUT2D eigenvalue weighted by Crippen LogP contribution is -2.29. The van der Waals surface area contributed by atoms with Crippen LogP contribution in [0.5, 0.6) is 0 Å². The van der Waals surface area contributed by atoms with Crippen LogP contribution in [0.2, 0.25) is 5.02 Å². The Balaban J connectivity index is 2.43. The van der Waals surface area contributed by atoms with E-state index in [1.807, 2.05) is 0 Å². The Labute approximate surface area is 94.3 Å². The first kappa shape index (κ1) is 12.2. The van der Waals surface area contributed by atoms with Gasteiger partial charge < -0.3 is 5.32 Å². The molecule has 1 aromatic rings. The highest BCUT2D eigenvalue weighted by atomic mass is 35.5. The van der Waals surface area contributed by atoms with Gasteiger partial charge in [-0.05, 0) is 12.5 Å². The van der Waals surface area contributed by atoms with E-state index < -0.39 is 0 Å². The van der Waals surface area contributed by atoms with Crippen molar-refractivity contribution < 1.29 is 0 Å². The van der Waals surface area contributed by atoms with Gasteiger partial charge in [-0.3, -0.25) is 4.57 Å². The molecule has 15 heavy (non-hydrogen) atoms. The van der Waals surface area contributed by atoms with Gasteiger partial charge in [-0.1, -0.05) is 25.4 Å². The number of rotatable bonds is 5. The molecule has 1 heterocycles. The van der Waals surface area contributed by atoms with Gasteiger partial charge in [0, 0.05) is 19.3 Å². The second-order valence-corrected chi connectivity index (χ2v) is 4.28. The zero-order valence-electron chi connectivity index (χ0n) is 9.03. The van der Waals surface area contributed by atoms with Crippen LogP contribution in [0.15, 0.2) is 17.2 Å². The summed E-state index contributed by atoms with van der Waals surface area (Å²) in [6.07, 6.45) is 2.97. The van der Waals surface area contributed by atoms with Crippen LogP contribution in [0.4, 0.5) is 0 Å². The van der Waals surface area contributed by atoms with Crippen molar-refractivity contribution in [1.82, 2.24) is 14.9 Å². The fourth-order valence-electron chi connectivity index (χ4n) is 1.18. The summed E-state index contributed by atoms with van der Waals surface area (Å²) in [5.74, 6) is 0.610. The number of hydrogen-bond donors (Lipinski definition) is 1. The van der Waals surface area contributed by atoms with Crippen molar-refractivity contribution in [2.45, 2.75) is 20.4 Å². The zero-order valence-corrected chi connectivity index (χ0v) is 9.79. The molecule has 0 fully saturated rings. The van der Waals surface area contributed by atoms with Crippen LogP contribution in [0.25, 0.3) is 0 Å². The Bertz CT molecular complexity index is 362. The third-order valence-electron chi connectivity index (χ3n) is 1.91. The summed E-state index contributed by atoms with van der Waals surface area (Å²) >= 11 is 5.74. The normalized spacial score (nSPS) is 10.9. The molecule has 0 radical (unpaired) electrons. The number of nitrogens with one attached hydrogen (secondary N) is 1. The molecule has 0 bridgehead atoms. The van der Waals surface area contributed by atoms with Crippen molar-refractivity contribution in [2.75, 3.05) is 13.1 Å². The second kappa shape index (κ2) is 5.88. The molecule has 0 aliphatic carbocycles. The highest BCUT2D eigenvalue weighted by Gasteiger charge is 1.98. The number of halogens is 1. The van der Waals surface area contributed by atoms with Gasteiger partial charge in [-0.15, -0.1) is 0 Å². The second-order valence-electron chi connectivity index (χ2n) is 3.85. The fourth-order valence-corrected chi connectivity index (χ4v) is 1.35. The predicted octanol–water partition coefficient (Wildman–Crippen LogP) is 1.14. The van der Waals surface area contributed by atoms with E-state index in [0.29, 0.717) is 17.5 Å². The van der Waals surface area contributed by atoms with Crippen molar-refractivity contribution in [3.63, 3.8) is 0 Å². The summed E-state index contributed by atoms with van der Waals surface area (Å²) in [6.45, 7) is 6.57. The molecule has 0 spiro atoms. The molecule has 0 aliphatic rings. The molecule has 0 atom stereocenters. The molecule has 1 N–H and O–H groups in total. The predicted molar refractivity (Wildman–Crippen MR) is 61.2 cm³/mol. The van der Waals surface area contributed by atoms with Crippen LogP contribution >= 0.6 is 11.6 Å². The quantitative estimate of drug-likeness (QED) is 0.771. The van der Waals surface area contributed by atoms with Gasteiger partial charge in [0.25, 0.3) is 0 Å². The van der Waals surface area contributed by atoms with E-state index >= 15 is 0 Å². The molecule has 0 aliphatic heterocycles. The topological polar surface area (TPSA) is 46.9 Å². The van der Waals surface area contributed by atoms with Gasteiger partial charge in [0.15, 0.2) is 0 Å².